The highest BCUT2D eigenvalue weighted by molar-refractivity contribution is 9.09. The van der Waals surface area contributed by atoms with E-state index in [0.717, 1.165) is 44.0 Å². The van der Waals surface area contributed by atoms with Gasteiger partial charge in [0, 0.05) is 25.0 Å². The number of carbonyl (C=O) groups excluding carboxylic acids is 1. The van der Waals surface area contributed by atoms with Gasteiger partial charge in [0.05, 0.1) is 6.10 Å². The first kappa shape index (κ1) is 17.8. The van der Waals surface area contributed by atoms with Crippen LogP contribution in [0.2, 0.25) is 0 Å². The van der Waals surface area contributed by atoms with E-state index >= 15 is 0 Å². The molecule has 0 aromatic heterocycles. The Bertz CT molecular complexity index is 296. The van der Waals surface area contributed by atoms with Crippen LogP contribution in [0.25, 0.3) is 0 Å². The molecule has 1 rings (SSSR count). The molecular weight excluding hydrogens is 322 g/mol. The van der Waals surface area contributed by atoms with Crippen LogP contribution in [0.4, 0.5) is 4.79 Å². The molecule has 0 atom stereocenters. The summed E-state index contributed by atoms with van der Waals surface area (Å²) < 4.78 is 11.2. The molecule has 0 radical (unpaired) electrons. The van der Waals surface area contributed by atoms with Gasteiger partial charge < -0.3 is 14.4 Å². The lowest BCUT2D eigenvalue weighted by atomic mass is 9.92. The number of nitrogens with zero attached hydrogens (tertiary/aromatic N) is 1. The van der Waals surface area contributed by atoms with Gasteiger partial charge in [-0.15, -0.1) is 0 Å². The Morgan fingerprint density at radius 3 is 2.35 bits per heavy atom. The normalized spacial score (nSPS) is 23.4. The van der Waals surface area contributed by atoms with E-state index in [0.29, 0.717) is 6.10 Å². The summed E-state index contributed by atoms with van der Waals surface area (Å²) in [6, 6.07) is 0.279. The predicted octanol–water partition coefficient (Wildman–Crippen LogP) is 3.97. The maximum atomic E-state index is 12.0. The molecule has 118 valence electrons. The van der Waals surface area contributed by atoms with Crippen LogP contribution in [-0.4, -0.2) is 47.7 Å². The fourth-order valence-electron chi connectivity index (χ4n) is 2.39. The topological polar surface area (TPSA) is 38.8 Å². The van der Waals surface area contributed by atoms with Crippen LogP contribution in [0.15, 0.2) is 0 Å². The third-order valence-corrected chi connectivity index (χ3v) is 4.07. The zero-order chi connectivity index (χ0) is 15.2. The molecule has 0 aromatic carbocycles. The summed E-state index contributed by atoms with van der Waals surface area (Å²) in [5.74, 6) is 0. The monoisotopic (exact) mass is 349 g/mol. The van der Waals surface area contributed by atoms with Crippen LogP contribution in [-0.2, 0) is 9.47 Å². The zero-order valence-corrected chi connectivity index (χ0v) is 14.7. The number of carbonyl (C=O) groups is 1. The number of hydrogen-bond acceptors (Lipinski definition) is 3. The Morgan fingerprint density at radius 1 is 1.25 bits per heavy atom. The molecule has 20 heavy (non-hydrogen) atoms. The Morgan fingerprint density at radius 2 is 1.85 bits per heavy atom. The first-order valence-electron chi connectivity index (χ1n) is 7.47. The molecule has 1 aliphatic rings. The zero-order valence-electron chi connectivity index (χ0n) is 13.2. The Hall–Kier alpha value is -0.290. The summed E-state index contributed by atoms with van der Waals surface area (Å²) in [6.45, 7) is 6.51. The maximum Gasteiger partial charge on any atom is 0.410 e. The smallest absolute Gasteiger partial charge is 0.410 e. The Kier molecular flexibility index (Phi) is 7.30. The minimum atomic E-state index is -0.429. The quantitative estimate of drug-likeness (QED) is 0.556. The van der Waals surface area contributed by atoms with E-state index in [9.17, 15) is 4.79 Å². The van der Waals surface area contributed by atoms with Crippen molar-refractivity contribution in [2.75, 3.05) is 19.0 Å². The number of alkyl halides is 1. The highest BCUT2D eigenvalue weighted by Gasteiger charge is 2.29. The molecule has 1 saturated carbocycles. The lowest BCUT2D eigenvalue weighted by Crippen LogP contribution is -2.43. The van der Waals surface area contributed by atoms with Crippen molar-refractivity contribution in [1.82, 2.24) is 4.90 Å². The number of amides is 1. The molecule has 5 heteroatoms. The van der Waals surface area contributed by atoms with Gasteiger partial charge in [0.1, 0.15) is 5.60 Å². The maximum absolute atomic E-state index is 12.0. The van der Waals surface area contributed by atoms with Gasteiger partial charge >= 0.3 is 6.09 Å². The summed E-state index contributed by atoms with van der Waals surface area (Å²) in [5, 5.41) is 0.990. The van der Waals surface area contributed by atoms with E-state index in [4.69, 9.17) is 9.47 Å². The summed E-state index contributed by atoms with van der Waals surface area (Å²) in [5.41, 5.74) is -0.429. The molecule has 0 bridgehead atoms. The third-order valence-electron chi connectivity index (χ3n) is 3.50. The molecule has 0 unspecified atom stereocenters. The molecular formula is C15H28BrNO3. The fraction of sp³-hybridized carbons (Fsp3) is 0.933. The van der Waals surface area contributed by atoms with E-state index in [2.05, 4.69) is 15.9 Å². The van der Waals surface area contributed by atoms with E-state index in [-0.39, 0.29) is 12.1 Å². The standard InChI is InChI=1S/C15H28BrNO3/c1-15(2,3)20-14(18)17(4)12-6-8-13(9-7-12)19-11-5-10-16/h12-13H,5-11H2,1-4H3. The van der Waals surface area contributed by atoms with Gasteiger partial charge in [-0.3, -0.25) is 0 Å². The van der Waals surface area contributed by atoms with Crippen LogP contribution in [0, 0.1) is 0 Å². The van der Waals surface area contributed by atoms with Crippen molar-refractivity contribution in [2.24, 2.45) is 0 Å². The SMILES string of the molecule is CN(C(=O)OC(C)(C)C)C1CCC(OCCCBr)CC1. The number of ether oxygens (including phenoxy) is 2. The lowest BCUT2D eigenvalue weighted by molar-refractivity contribution is -0.00458. The van der Waals surface area contributed by atoms with Gasteiger partial charge in [0.2, 0.25) is 0 Å². The molecule has 0 aliphatic heterocycles. The van der Waals surface area contributed by atoms with E-state index in [1.807, 2.05) is 27.8 Å². The second-order valence-corrected chi connectivity index (χ2v) is 7.23. The largest absolute Gasteiger partial charge is 0.444 e. The molecule has 0 spiro atoms. The molecule has 0 aromatic rings. The second-order valence-electron chi connectivity index (χ2n) is 6.44. The minimum absolute atomic E-state index is 0.221. The molecule has 1 aliphatic carbocycles. The molecule has 0 N–H and O–H groups in total. The Balaban J connectivity index is 2.31. The summed E-state index contributed by atoms with van der Waals surface area (Å²) in [7, 11) is 1.84. The minimum Gasteiger partial charge on any atom is -0.444 e. The van der Waals surface area contributed by atoms with Gasteiger partial charge in [0.15, 0.2) is 0 Å². The van der Waals surface area contributed by atoms with E-state index in [1.165, 1.54) is 0 Å². The Labute approximate surface area is 131 Å². The van der Waals surface area contributed by atoms with Gasteiger partial charge in [-0.2, -0.15) is 0 Å². The molecule has 4 nitrogen and oxygen atoms in total. The van der Waals surface area contributed by atoms with Crippen molar-refractivity contribution in [2.45, 2.75) is 70.6 Å². The lowest BCUT2D eigenvalue weighted by Gasteiger charge is -2.35. The number of rotatable bonds is 5. The number of hydrogen-bond donors (Lipinski definition) is 0. The van der Waals surface area contributed by atoms with Gasteiger partial charge in [-0.05, 0) is 52.9 Å². The van der Waals surface area contributed by atoms with Gasteiger partial charge in [-0.1, -0.05) is 15.9 Å². The van der Waals surface area contributed by atoms with Gasteiger partial charge in [0.25, 0.3) is 0 Å². The van der Waals surface area contributed by atoms with Crippen molar-refractivity contribution in [3.8, 4) is 0 Å². The molecule has 0 saturated heterocycles. The summed E-state index contributed by atoms with van der Waals surface area (Å²) >= 11 is 3.40. The van der Waals surface area contributed by atoms with Crippen molar-refractivity contribution in [3.05, 3.63) is 0 Å². The van der Waals surface area contributed by atoms with Crippen LogP contribution < -0.4 is 0 Å². The van der Waals surface area contributed by atoms with Crippen molar-refractivity contribution >= 4 is 22.0 Å². The molecule has 1 amide bonds. The highest BCUT2D eigenvalue weighted by Crippen LogP contribution is 2.25. The number of halogens is 1. The second kappa shape index (κ2) is 8.23. The van der Waals surface area contributed by atoms with Crippen LogP contribution in [0.5, 0.6) is 0 Å². The predicted molar refractivity (Wildman–Crippen MR) is 84.4 cm³/mol. The van der Waals surface area contributed by atoms with Crippen molar-refractivity contribution < 1.29 is 14.3 Å². The molecule has 1 fully saturated rings. The first-order valence-corrected chi connectivity index (χ1v) is 8.59. The van der Waals surface area contributed by atoms with Crippen molar-refractivity contribution in [1.29, 1.82) is 0 Å². The van der Waals surface area contributed by atoms with Crippen LogP contribution in [0.1, 0.15) is 52.9 Å². The fourth-order valence-corrected chi connectivity index (χ4v) is 2.62. The van der Waals surface area contributed by atoms with Crippen LogP contribution >= 0.6 is 15.9 Å². The average molecular weight is 350 g/mol. The van der Waals surface area contributed by atoms with E-state index in [1.54, 1.807) is 4.90 Å². The van der Waals surface area contributed by atoms with E-state index < -0.39 is 5.60 Å². The van der Waals surface area contributed by atoms with Crippen LogP contribution in [0.3, 0.4) is 0 Å². The van der Waals surface area contributed by atoms with Gasteiger partial charge in [-0.25, -0.2) is 4.79 Å². The average Bonchev–Trinajstić information content (AvgIpc) is 2.37. The molecule has 0 heterocycles. The van der Waals surface area contributed by atoms with Crippen molar-refractivity contribution in [3.63, 3.8) is 0 Å². The first-order chi connectivity index (χ1) is 9.33. The highest BCUT2D eigenvalue weighted by atomic mass is 79.9. The summed E-state index contributed by atoms with van der Waals surface area (Å²) in [6.07, 6.45) is 5.24. The third kappa shape index (κ3) is 6.44. The summed E-state index contributed by atoms with van der Waals surface area (Å²) in [4.78, 5) is 13.8.